The van der Waals surface area contributed by atoms with Crippen LogP contribution in [0.2, 0.25) is 0 Å². The van der Waals surface area contributed by atoms with Crippen LogP contribution >= 0.6 is 11.3 Å². The summed E-state index contributed by atoms with van der Waals surface area (Å²) < 4.78 is 12.8. The third kappa shape index (κ3) is 3.13. The number of thiazole rings is 1. The fraction of sp³-hybridized carbons (Fsp3) is 0.158. The van der Waals surface area contributed by atoms with Gasteiger partial charge in [-0.25, -0.2) is 4.99 Å². The maximum Gasteiger partial charge on any atom is 0.271 e. The number of hydrogen-bond acceptors (Lipinski definition) is 8. The van der Waals surface area contributed by atoms with Gasteiger partial charge in [0, 0.05) is 23.9 Å². The van der Waals surface area contributed by atoms with Gasteiger partial charge in [0.1, 0.15) is 13.3 Å². The molecule has 2 aliphatic rings. The number of nitrogens with zero attached hydrogens (tertiary/aromatic N) is 4. The molecule has 0 atom stereocenters. The lowest BCUT2D eigenvalue weighted by Crippen LogP contribution is -2.42. The Bertz CT molecular complexity index is 1310. The summed E-state index contributed by atoms with van der Waals surface area (Å²) >= 11 is 1.28. The predicted octanol–water partition coefficient (Wildman–Crippen LogP) is 1.43. The van der Waals surface area contributed by atoms with Gasteiger partial charge in [-0.15, -0.1) is 0 Å². The minimum Gasteiger partial charge on any atom is -0.454 e. The molecule has 0 fully saturated rings. The van der Waals surface area contributed by atoms with Crippen molar-refractivity contribution in [2.45, 2.75) is 6.67 Å². The topological polar surface area (TPSA) is 99.2 Å². The number of nitro benzene ring substituents is 1. The lowest BCUT2D eigenvalue weighted by molar-refractivity contribution is -0.384. The van der Waals surface area contributed by atoms with E-state index in [1.165, 1.54) is 23.5 Å². The number of hydrogen-bond donors (Lipinski definition) is 0. The molecule has 29 heavy (non-hydrogen) atoms. The van der Waals surface area contributed by atoms with E-state index in [4.69, 9.17) is 9.47 Å². The van der Waals surface area contributed by atoms with E-state index in [-0.39, 0.29) is 18.0 Å². The third-order valence-corrected chi connectivity index (χ3v) is 5.72. The zero-order valence-electron chi connectivity index (χ0n) is 15.0. The first-order chi connectivity index (χ1) is 14.1. The number of nitro groups is 1. The average molecular weight is 410 g/mol. The molecule has 10 heteroatoms. The van der Waals surface area contributed by atoms with Crippen LogP contribution in [0.5, 0.6) is 11.5 Å². The SMILES string of the molecule is O=c1c(=Cc2cccc([N+](=O)[O-])c2)sc2n1CN(c1ccc3c(c1)OCO3)CN=2. The van der Waals surface area contributed by atoms with Crippen LogP contribution in [0.4, 0.5) is 11.4 Å². The second-order valence-electron chi connectivity index (χ2n) is 6.50. The van der Waals surface area contributed by atoms with E-state index in [0.717, 1.165) is 5.69 Å². The summed E-state index contributed by atoms with van der Waals surface area (Å²) in [5.74, 6) is 1.37. The molecule has 0 aliphatic carbocycles. The van der Waals surface area contributed by atoms with Gasteiger partial charge in [-0.05, 0) is 23.8 Å². The fourth-order valence-electron chi connectivity index (χ4n) is 3.24. The zero-order valence-corrected chi connectivity index (χ0v) is 15.8. The Morgan fingerprint density at radius 1 is 1.17 bits per heavy atom. The van der Waals surface area contributed by atoms with E-state index in [2.05, 4.69) is 4.99 Å². The summed E-state index contributed by atoms with van der Waals surface area (Å²) in [5.41, 5.74) is 1.29. The van der Waals surface area contributed by atoms with E-state index < -0.39 is 4.92 Å². The summed E-state index contributed by atoms with van der Waals surface area (Å²) in [4.78, 5) is 30.5. The van der Waals surface area contributed by atoms with Crippen LogP contribution < -0.4 is 29.3 Å². The van der Waals surface area contributed by atoms with Gasteiger partial charge >= 0.3 is 0 Å². The highest BCUT2D eigenvalue weighted by molar-refractivity contribution is 7.07. The Kier molecular flexibility index (Phi) is 4.06. The number of non-ortho nitro benzene ring substituents is 1. The molecule has 1 aromatic heterocycles. The Balaban J connectivity index is 1.49. The number of anilines is 1. The normalized spacial score (nSPS) is 15.2. The number of rotatable bonds is 3. The molecule has 3 heterocycles. The molecule has 0 spiro atoms. The Morgan fingerprint density at radius 3 is 2.90 bits per heavy atom. The first-order valence-corrected chi connectivity index (χ1v) is 9.55. The molecule has 3 aromatic rings. The van der Waals surface area contributed by atoms with Crippen LogP contribution in [0.3, 0.4) is 0 Å². The van der Waals surface area contributed by atoms with Crippen LogP contribution in [0.1, 0.15) is 5.56 Å². The second-order valence-corrected chi connectivity index (χ2v) is 7.51. The molecule has 0 bridgehead atoms. The number of ether oxygens (including phenoxy) is 2. The van der Waals surface area contributed by atoms with Crippen molar-refractivity contribution >= 4 is 28.8 Å². The van der Waals surface area contributed by atoms with Gasteiger partial charge in [-0.1, -0.05) is 23.5 Å². The minimum atomic E-state index is -0.456. The summed E-state index contributed by atoms with van der Waals surface area (Å²) in [5, 5.41) is 11.0. The summed E-state index contributed by atoms with van der Waals surface area (Å²) in [6.45, 7) is 0.973. The molecule has 146 valence electrons. The molecule has 5 rings (SSSR count). The van der Waals surface area contributed by atoms with Crippen LogP contribution in [-0.4, -0.2) is 23.0 Å². The van der Waals surface area contributed by atoms with Gasteiger partial charge in [0.15, 0.2) is 16.3 Å². The van der Waals surface area contributed by atoms with Gasteiger partial charge in [0.25, 0.3) is 11.2 Å². The molecular weight excluding hydrogens is 396 g/mol. The standard InChI is InChI=1S/C19H14N4O5S/c24-18-17(7-12-2-1-3-14(6-12)23(25)26)29-19-20-9-21(10-22(18)19)13-4-5-15-16(8-13)28-11-27-15/h1-8H,9-11H2. The second kappa shape index (κ2) is 6.74. The van der Waals surface area contributed by atoms with Gasteiger partial charge in [-0.2, -0.15) is 0 Å². The summed E-state index contributed by atoms with van der Waals surface area (Å²) in [7, 11) is 0. The first kappa shape index (κ1) is 17.4. The molecule has 9 nitrogen and oxygen atoms in total. The lowest BCUT2D eigenvalue weighted by Gasteiger charge is -2.25. The largest absolute Gasteiger partial charge is 0.454 e. The highest BCUT2D eigenvalue weighted by atomic mass is 32.1. The Morgan fingerprint density at radius 2 is 2.03 bits per heavy atom. The van der Waals surface area contributed by atoms with Gasteiger partial charge in [0.05, 0.1) is 9.46 Å². The molecular formula is C19H14N4O5S. The summed E-state index contributed by atoms with van der Waals surface area (Å²) in [6, 6.07) is 11.8. The molecule has 2 aromatic carbocycles. The first-order valence-electron chi connectivity index (χ1n) is 8.73. The van der Waals surface area contributed by atoms with Crippen LogP contribution in [0.25, 0.3) is 6.08 Å². The highest BCUT2D eigenvalue weighted by Crippen LogP contribution is 2.35. The predicted molar refractivity (Wildman–Crippen MR) is 106 cm³/mol. The number of aromatic nitrogens is 1. The van der Waals surface area contributed by atoms with Crippen LogP contribution in [-0.2, 0) is 6.67 Å². The number of fused-ring (bicyclic) bond motifs is 2. The molecule has 2 aliphatic heterocycles. The molecule has 0 unspecified atom stereocenters. The maximum atomic E-state index is 12.9. The molecule has 0 amide bonds. The van der Waals surface area contributed by atoms with Crippen molar-refractivity contribution in [2.75, 3.05) is 18.4 Å². The van der Waals surface area contributed by atoms with E-state index >= 15 is 0 Å². The molecule has 0 radical (unpaired) electrons. The van der Waals surface area contributed by atoms with Gasteiger partial charge < -0.3 is 14.4 Å². The molecule has 0 saturated heterocycles. The molecule has 0 N–H and O–H groups in total. The van der Waals surface area contributed by atoms with Crippen molar-refractivity contribution in [3.8, 4) is 11.5 Å². The van der Waals surface area contributed by atoms with Crippen molar-refractivity contribution < 1.29 is 14.4 Å². The zero-order chi connectivity index (χ0) is 20.0. The Labute approximate surface area is 167 Å². The Hall–Kier alpha value is -3.66. The fourth-order valence-corrected chi connectivity index (χ4v) is 4.20. The van der Waals surface area contributed by atoms with Gasteiger partial charge in [-0.3, -0.25) is 19.5 Å². The van der Waals surface area contributed by atoms with E-state index in [0.29, 0.717) is 39.7 Å². The smallest absolute Gasteiger partial charge is 0.271 e. The van der Waals surface area contributed by atoms with Crippen molar-refractivity contribution in [1.29, 1.82) is 0 Å². The van der Waals surface area contributed by atoms with Crippen molar-refractivity contribution in [3.05, 3.63) is 77.8 Å². The van der Waals surface area contributed by atoms with Crippen molar-refractivity contribution in [1.82, 2.24) is 4.57 Å². The van der Waals surface area contributed by atoms with Gasteiger partial charge in [0.2, 0.25) is 6.79 Å². The van der Waals surface area contributed by atoms with E-state index in [1.54, 1.807) is 22.8 Å². The summed E-state index contributed by atoms with van der Waals surface area (Å²) in [6.07, 6.45) is 1.66. The number of benzene rings is 2. The van der Waals surface area contributed by atoms with Crippen LogP contribution in [0, 0.1) is 10.1 Å². The van der Waals surface area contributed by atoms with E-state index in [1.807, 2.05) is 23.1 Å². The maximum absolute atomic E-state index is 12.9. The van der Waals surface area contributed by atoms with E-state index in [9.17, 15) is 14.9 Å². The monoisotopic (exact) mass is 410 g/mol. The van der Waals surface area contributed by atoms with Crippen molar-refractivity contribution in [2.24, 2.45) is 4.99 Å². The quantitative estimate of drug-likeness (QED) is 0.479. The third-order valence-electron chi connectivity index (χ3n) is 4.68. The van der Waals surface area contributed by atoms with Crippen LogP contribution in [0.15, 0.2) is 52.3 Å². The molecule has 0 saturated carbocycles. The minimum absolute atomic E-state index is 0.0150. The lowest BCUT2D eigenvalue weighted by atomic mass is 10.2. The average Bonchev–Trinajstić information content (AvgIpc) is 3.32. The van der Waals surface area contributed by atoms with Crippen molar-refractivity contribution in [3.63, 3.8) is 0 Å². The highest BCUT2D eigenvalue weighted by Gasteiger charge is 2.19.